The fourth-order valence-corrected chi connectivity index (χ4v) is 2.83. The Morgan fingerprint density at radius 2 is 1.88 bits per heavy atom. The third-order valence-corrected chi connectivity index (χ3v) is 4.14. The zero-order valence-corrected chi connectivity index (χ0v) is 15.7. The lowest BCUT2D eigenvalue weighted by Gasteiger charge is -2.12. The van der Waals surface area contributed by atoms with Gasteiger partial charge in [0, 0.05) is 22.8 Å². The first-order chi connectivity index (χ1) is 12.6. The summed E-state index contributed by atoms with van der Waals surface area (Å²) in [7, 11) is 1.61. The smallest absolute Gasteiger partial charge is 0.224 e. The Morgan fingerprint density at radius 3 is 2.69 bits per heavy atom. The summed E-state index contributed by atoms with van der Waals surface area (Å²) >= 11 is 12.1. The van der Waals surface area contributed by atoms with E-state index in [9.17, 15) is 0 Å². The van der Waals surface area contributed by atoms with E-state index in [2.05, 4.69) is 20.6 Å². The Morgan fingerprint density at radius 1 is 1.04 bits per heavy atom. The van der Waals surface area contributed by atoms with Gasteiger partial charge in [0.05, 0.1) is 12.8 Å². The van der Waals surface area contributed by atoms with Crippen molar-refractivity contribution in [2.75, 3.05) is 24.3 Å². The number of halogens is 2. The first-order valence-electron chi connectivity index (χ1n) is 8.06. The molecule has 0 fully saturated rings. The topological polar surface area (TPSA) is 59.1 Å². The molecular formula is C19H18Cl2N4O. The van der Waals surface area contributed by atoms with Crippen molar-refractivity contribution in [3.8, 4) is 5.75 Å². The zero-order chi connectivity index (χ0) is 18.4. The van der Waals surface area contributed by atoms with Crippen LogP contribution in [0.4, 0.5) is 17.5 Å². The first-order valence-corrected chi connectivity index (χ1v) is 8.81. The van der Waals surface area contributed by atoms with Crippen LogP contribution in [0.2, 0.25) is 10.0 Å². The molecule has 26 heavy (non-hydrogen) atoms. The highest BCUT2D eigenvalue weighted by Gasteiger charge is 2.06. The standard InChI is InChI=1S/C19H18Cl2N4O/c1-26-17-6-5-15(21)12-16(17)24-18-8-10-23-19(25-18)22-9-7-13-3-2-4-14(20)11-13/h2-6,8,10-12H,7,9H2,1H3,(H2,22,23,24,25). The molecule has 0 radical (unpaired) electrons. The molecule has 134 valence electrons. The van der Waals surface area contributed by atoms with Crippen LogP contribution in [0, 0.1) is 0 Å². The van der Waals surface area contributed by atoms with Crippen LogP contribution in [-0.4, -0.2) is 23.6 Å². The molecule has 3 rings (SSSR count). The molecule has 0 spiro atoms. The lowest BCUT2D eigenvalue weighted by molar-refractivity contribution is 0.417. The quantitative estimate of drug-likeness (QED) is 0.582. The van der Waals surface area contributed by atoms with Crippen molar-refractivity contribution < 1.29 is 4.74 Å². The number of ether oxygens (including phenoxy) is 1. The summed E-state index contributed by atoms with van der Waals surface area (Å²) < 4.78 is 5.34. The maximum absolute atomic E-state index is 6.06. The van der Waals surface area contributed by atoms with E-state index in [0.29, 0.717) is 29.1 Å². The summed E-state index contributed by atoms with van der Waals surface area (Å²) in [5.41, 5.74) is 1.89. The number of aromatic nitrogens is 2. The summed E-state index contributed by atoms with van der Waals surface area (Å²) in [6.45, 7) is 0.699. The van der Waals surface area contributed by atoms with Crippen LogP contribution in [0.1, 0.15) is 5.56 Å². The normalized spacial score (nSPS) is 10.4. The van der Waals surface area contributed by atoms with E-state index >= 15 is 0 Å². The van der Waals surface area contributed by atoms with Crippen molar-refractivity contribution >= 4 is 40.7 Å². The van der Waals surface area contributed by atoms with E-state index in [-0.39, 0.29) is 0 Å². The van der Waals surface area contributed by atoms with Crippen LogP contribution in [0.15, 0.2) is 54.7 Å². The van der Waals surface area contributed by atoms with Gasteiger partial charge in [-0.15, -0.1) is 0 Å². The molecule has 1 heterocycles. The molecule has 0 unspecified atom stereocenters. The second kappa shape index (κ2) is 8.74. The highest BCUT2D eigenvalue weighted by Crippen LogP contribution is 2.30. The van der Waals surface area contributed by atoms with E-state index < -0.39 is 0 Å². The Bertz CT molecular complexity index is 889. The van der Waals surface area contributed by atoms with Crippen molar-refractivity contribution in [3.63, 3.8) is 0 Å². The summed E-state index contributed by atoms with van der Waals surface area (Å²) in [6.07, 6.45) is 2.51. The molecule has 5 nitrogen and oxygen atoms in total. The number of nitrogens with zero attached hydrogens (tertiary/aromatic N) is 2. The average molecular weight is 389 g/mol. The number of rotatable bonds is 7. The molecule has 0 atom stereocenters. The summed E-state index contributed by atoms with van der Waals surface area (Å²) in [4.78, 5) is 8.71. The van der Waals surface area contributed by atoms with E-state index in [1.807, 2.05) is 24.3 Å². The van der Waals surface area contributed by atoms with Gasteiger partial charge in [0.1, 0.15) is 11.6 Å². The fraction of sp³-hybridized carbons (Fsp3) is 0.158. The molecule has 0 saturated heterocycles. The molecule has 0 aliphatic carbocycles. The molecular weight excluding hydrogens is 371 g/mol. The number of methoxy groups -OCH3 is 1. The monoisotopic (exact) mass is 388 g/mol. The maximum atomic E-state index is 6.06. The van der Waals surface area contributed by atoms with Gasteiger partial charge in [0.2, 0.25) is 5.95 Å². The summed E-state index contributed by atoms with van der Waals surface area (Å²) in [5.74, 6) is 1.87. The minimum absolute atomic E-state index is 0.540. The molecule has 7 heteroatoms. The number of nitrogens with one attached hydrogen (secondary N) is 2. The molecule has 0 bridgehead atoms. The number of anilines is 3. The van der Waals surface area contributed by atoms with E-state index in [4.69, 9.17) is 27.9 Å². The third kappa shape index (κ3) is 5.00. The predicted octanol–water partition coefficient (Wildman–Crippen LogP) is 5.19. The molecule has 0 aliphatic heterocycles. The van der Waals surface area contributed by atoms with Crippen LogP contribution in [0.3, 0.4) is 0 Å². The maximum Gasteiger partial charge on any atom is 0.224 e. The molecule has 3 aromatic rings. The van der Waals surface area contributed by atoms with Gasteiger partial charge in [0.25, 0.3) is 0 Å². The average Bonchev–Trinajstić information content (AvgIpc) is 2.62. The Kier molecular flexibility index (Phi) is 6.15. The van der Waals surface area contributed by atoms with Crippen molar-refractivity contribution in [2.24, 2.45) is 0 Å². The molecule has 0 saturated carbocycles. The van der Waals surface area contributed by atoms with E-state index in [1.54, 1.807) is 37.6 Å². The van der Waals surface area contributed by atoms with Crippen LogP contribution in [0.5, 0.6) is 5.75 Å². The van der Waals surface area contributed by atoms with Crippen molar-refractivity contribution in [1.29, 1.82) is 0 Å². The van der Waals surface area contributed by atoms with Crippen molar-refractivity contribution in [3.05, 3.63) is 70.3 Å². The van der Waals surface area contributed by atoms with Gasteiger partial charge in [-0.1, -0.05) is 35.3 Å². The molecule has 2 aromatic carbocycles. The molecule has 1 aromatic heterocycles. The Hall–Kier alpha value is -2.50. The van der Waals surface area contributed by atoms with Gasteiger partial charge in [-0.25, -0.2) is 4.98 Å². The van der Waals surface area contributed by atoms with Crippen LogP contribution in [-0.2, 0) is 6.42 Å². The predicted molar refractivity (Wildman–Crippen MR) is 107 cm³/mol. The minimum Gasteiger partial charge on any atom is -0.495 e. The number of hydrogen-bond acceptors (Lipinski definition) is 5. The number of benzene rings is 2. The second-order valence-corrected chi connectivity index (χ2v) is 6.41. The largest absolute Gasteiger partial charge is 0.495 e. The lowest BCUT2D eigenvalue weighted by atomic mass is 10.1. The molecule has 0 amide bonds. The van der Waals surface area contributed by atoms with Gasteiger partial charge in [-0.3, -0.25) is 0 Å². The molecule has 2 N–H and O–H groups in total. The van der Waals surface area contributed by atoms with Gasteiger partial charge in [0.15, 0.2) is 0 Å². The van der Waals surface area contributed by atoms with Crippen LogP contribution < -0.4 is 15.4 Å². The van der Waals surface area contributed by atoms with Gasteiger partial charge < -0.3 is 15.4 Å². The van der Waals surface area contributed by atoms with Crippen LogP contribution in [0.25, 0.3) is 0 Å². The highest BCUT2D eigenvalue weighted by atomic mass is 35.5. The SMILES string of the molecule is COc1ccc(Cl)cc1Nc1ccnc(NCCc2cccc(Cl)c2)n1. The number of hydrogen-bond donors (Lipinski definition) is 2. The van der Waals surface area contributed by atoms with Crippen LogP contribution >= 0.6 is 23.2 Å². The fourth-order valence-electron chi connectivity index (χ4n) is 2.44. The van der Waals surface area contributed by atoms with E-state index in [0.717, 1.165) is 22.7 Å². The van der Waals surface area contributed by atoms with Gasteiger partial charge >= 0.3 is 0 Å². The van der Waals surface area contributed by atoms with Gasteiger partial charge in [-0.05, 0) is 48.4 Å². The van der Waals surface area contributed by atoms with Crippen molar-refractivity contribution in [2.45, 2.75) is 6.42 Å². The lowest BCUT2D eigenvalue weighted by Crippen LogP contribution is -2.08. The third-order valence-electron chi connectivity index (χ3n) is 3.67. The Labute approximate surface area is 162 Å². The van der Waals surface area contributed by atoms with E-state index in [1.165, 1.54) is 0 Å². The van der Waals surface area contributed by atoms with Gasteiger partial charge in [-0.2, -0.15) is 4.98 Å². The minimum atomic E-state index is 0.540. The summed E-state index contributed by atoms with van der Waals surface area (Å²) in [5, 5.41) is 7.77. The molecule has 0 aliphatic rings. The first kappa shape index (κ1) is 18.3. The zero-order valence-electron chi connectivity index (χ0n) is 14.2. The second-order valence-electron chi connectivity index (χ2n) is 5.54. The Balaban J connectivity index is 1.64. The summed E-state index contributed by atoms with van der Waals surface area (Å²) in [6, 6.07) is 14.9. The van der Waals surface area contributed by atoms with Crippen molar-refractivity contribution in [1.82, 2.24) is 9.97 Å². The highest BCUT2D eigenvalue weighted by molar-refractivity contribution is 6.31.